The Bertz CT molecular complexity index is 698. The third-order valence-electron chi connectivity index (χ3n) is 6.14. The van der Waals surface area contributed by atoms with Crippen molar-refractivity contribution >= 4 is 11.9 Å². The zero-order chi connectivity index (χ0) is 21.3. The number of rotatable bonds is 6. The average Bonchev–Trinajstić information content (AvgIpc) is 2.77. The monoisotopic (exact) mass is 415 g/mol. The van der Waals surface area contributed by atoms with Gasteiger partial charge in [-0.25, -0.2) is 0 Å². The van der Waals surface area contributed by atoms with Crippen molar-refractivity contribution in [2.75, 3.05) is 59.5 Å². The number of carbonyl (C=O) groups is 1. The van der Waals surface area contributed by atoms with Crippen LogP contribution in [-0.4, -0.2) is 81.1 Å². The van der Waals surface area contributed by atoms with Crippen LogP contribution in [0.5, 0.6) is 0 Å². The second-order valence-corrected chi connectivity index (χ2v) is 8.33. The Labute approximate surface area is 180 Å². The molecule has 1 aromatic carbocycles. The van der Waals surface area contributed by atoms with Crippen LogP contribution in [0.3, 0.4) is 0 Å². The molecule has 0 saturated carbocycles. The molecule has 30 heavy (non-hydrogen) atoms. The number of nitrogens with one attached hydrogen (secondary N) is 2. The molecular formula is C23H37N5O2. The fourth-order valence-corrected chi connectivity index (χ4v) is 4.24. The van der Waals surface area contributed by atoms with E-state index in [1.165, 1.54) is 11.1 Å². The highest BCUT2D eigenvalue weighted by atomic mass is 16.5. The zero-order valence-corrected chi connectivity index (χ0v) is 18.7. The van der Waals surface area contributed by atoms with E-state index in [4.69, 9.17) is 4.74 Å². The van der Waals surface area contributed by atoms with Crippen LogP contribution >= 0.6 is 0 Å². The SMILES string of the molecule is CN=C(NCCN1CCN(C(C)=O)CC1)NCC1CCCOC1c1ccc(C)cc1. The Morgan fingerprint density at radius 1 is 1.17 bits per heavy atom. The maximum absolute atomic E-state index is 11.4. The minimum absolute atomic E-state index is 0.141. The lowest BCUT2D eigenvalue weighted by Gasteiger charge is -2.34. The molecule has 1 aromatic rings. The Morgan fingerprint density at radius 2 is 1.90 bits per heavy atom. The molecule has 2 saturated heterocycles. The molecule has 7 nitrogen and oxygen atoms in total. The number of piperazine rings is 1. The normalized spacial score (nSPS) is 23.3. The van der Waals surface area contributed by atoms with E-state index in [0.29, 0.717) is 5.92 Å². The molecular weight excluding hydrogens is 378 g/mol. The summed E-state index contributed by atoms with van der Waals surface area (Å²) in [5, 5.41) is 6.93. The van der Waals surface area contributed by atoms with Gasteiger partial charge in [0.05, 0.1) is 6.10 Å². The fraction of sp³-hybridized carbons (Fsp3) is 0.652. The third kappa shape index (κ3) is 6.44. The summed E-state index contributed by atoms with van der Waals surface area (Å²) in [6.07, 6.45) is 2.40. The van der Waals surface area contributed by atoms with Crippen LogP contribution in [0.4, 0.5) is 0 Å². The van der Waals surface area contributed by atoms with Crippen LogP contribution in [0.25, 0.3) is 0 Å². The number of benzene rings is 1. The van der Waals surface area contributed by atoms with E-state index in [-0.39, 0.29) is 12.0 Å². The topological polar surface area (TPSA) is 69.2 Å². The largest absolute Gasteiger partial charge is 0.373 e. The molecule has 0 bridgehead atoms. The van der Waals surface area contributed by atoms with Crippen LogP contribution < -0.4 is 10.6 Å². The minimum Gasteiger partial charge on any atom is -0.373 e. The summed E-state index contributed by atoms with van der Waals surface area (Å²) < 4.78 is 6.13. The molecule has 0 spiro atoms. The minimum atomic E-state index is 0.141. The molecule has 2 heterocycles. The smallest absolute Gasteiger partial charge is 0.219 e. The van der Waals surface area contributed by atoms with Crippen LogP contribution in [0, 0.1) is 12.8 Å². The van der Waals surface area contributed by atoms with Gasteiger partial charge in [-0.05, 0) is 25.3 Å². The van der Waals surface area contributed by atoms with Gasteiger partial charge < -0.3 is 20.3 Å². The standard InChI is InChI=1S/C23H37N5O2/c1-18-6-8-20(9-7-18)22-21(5-4-16-30-22)17-26-23(24-3)25-10-11-27-12-14-28(15-13-27)19(2)29/h6-9,21-22H,4-5,10-17H2,1-3H3,(H2,24,25,26). The maximum Gasteiger partial charge on any atom is 0.219 e. The fourth-order valence-electron chi connectivity index (χ4n) is 4.24. The molecule has 2 N–H and O–H groups in total. The summed E-state index contributed by atoms with van der Waals surface area (Å²) in [6.45, 7) is 10.7. The summed E-state index contributed by atoms with van der Waals surface area (Å²) in [4.78, 5) is 20.1. The molecule has 0 aliphatic carbocycles. The van der Waals surface area contributed by atoms with E-state index in [1.807, 2.05) is 11.9 Å². The summed E-state index contributed by atoms with van der Waals surface area (Å²) in [7, 11) is 1.82. The van der Waals surface area contributed by atoms with E-state index in [2.05, 4.69) is 51.7 Å². The highest BCUT2D eigenvalue weighted by Crippen LogP contribution is 2.33. The number of nitrogens with zero attached hydrogens (tertiary/aromatic N) is 3. The number of amides is 1. The molecule has 2 fully saturated rings. The van der Waals surface area contributed by atoms with Crippen molar-refractivity contribution in [2.24, 2.45) is 10.9 Å². The molecule has 3 rings (SSSR count). The summed E-state index contributed by atoms with van der Waals surface area (Å²) >= 11 is 0. The van der Waals surface area contributed by atoms with Gasteiger partial charge in [-0.2, -0.15) is 0 Å². The number of ether oxygens (including phenoxy) is 1. The van der Waals surface area contributed by atoms with Gasteiger partial charge in [0.15, 0.2) is 5.96 Å². The first-order chi connectivity index (χ1) is 14.6. The molecule has 0 aromatic heterocycles. The molecule has 1 amide bonds. The van der Waals surface area contributed by atoms with Crippen molar-refractivity contribution in [3.8, 4) is 0 Å². The number of hydrogen-bond donors (Lipinski definition) is 2. The number of aryl methyl sites for hydroxylation is 1. The highest BCUT2D eigenvalue weighted by Gasteiger charge is 2.27. The zero-order valence-electron chi connectivity index (χ0n) is 18.7. The van der Waals surface area contributed by atoms with Crippen molar-refractivity contribution in [1.82, 2.24) is 20.4 Å². The van der Waals surface area contributed by atoms with Gasteiger partial charge in [0.25, 0.3) is 0 Å². The molecule has 0 radical (unpaired) electrons. The first-order valence-electron chi connectivity index (χ1n) is 11.2. The first kappa shape index (κ1) is 22.6. The second kappa shape index (κ2) is 11.3. The molecule has 7 heteroatoms. The molecule has 2 unspecified atom stereocenters. The van der Waals surface area contributed by atoms with E-state index in [0.717, 1.165) is 71.2 Å². The number of carbonyl (C=O) groups excluding carboxylic acids is 1. The maximum atomic E-state index is 11.4. The van der Waals surface area contributed by atoms with Crippen molar-refractivity contribution in [1.29, 1.82) is 0 Å². The lowest BCUT2D eigenvalue weighted by atomic mass is 9.89. The molecule has 166 valence electrons. The Kier molecular flexibility index (Phi) is 8.51. The number of aliphatic imine (C=N–C) groups is 1. The Morgan fingerprint density at radius 3 is 2.57 bits per heavy atom. The van der Waals surface area contributed by atoms with E-state index < -0.39 is 0 Å². The molecule has 2 atom stereocenters. The van der Waals surface area contributed by atoms with Crippen molar-refractivity contribution < 1.29 is 9.53 Å². The van der Waals surface area contributed by atoms with Gasteiger partial charge in [-0.1, -0.05) is 29.8 Å². The van der Waals surface area contributed by atoms with Crippen LogP contribution in [0.1, 0.15) is 37.0 Å². The Hall–Kier alpha value is -2.12. The lowest BCUT2D eigenvalue weighted by molar-refractivity contribution is -0.130. The van der Waals surface area contributed by atoms with E-state index in [1.54, 1.807) is 6.92 Å². The van der Waals surface area contributed by atoms with Crippen LogP contribution in [0.15, 0.2) is 29.3 Å². The average molecular weight is 416 g/mol. The lowest BCUT2D eigenvalue weighted by Crippen LogP contribution is -2.50. The predicted octanol–water partition coefficient (Wildman–Crippen LogP) is 1.79. The first-order valence-corrected chi connectivity index (χ1v) is 11.2. The second-order valence-electron chi connectivity index (χ2n) is 8.33. The molecule has 2 aliphatic heterocycles. The van der Waals surface area contributed by atoms with Gasteiger partial charge >= 0.3 is 0 Å². The van der Waals surface area contributed by atoms with Crippen LogP contribution in [0.2, 0.25) is 0 Å². The van der Waals surface area contributed by atoms with Gasteiger partial charge in [-0.15, -0.1) is 0 Å². The van der Waals surface area contributed by atoms with Gasteiger partial charge in [0.1, 0.15) is 0 Å². The highest BCUT2D eigenvalue weighted by molar-refractivity contribution is 5.79. The number of hydrogen-bond acceptors (Lipinski definition) is 4. The number of guanidine groups is 1. The third-order valence-corrected chi connectivity index (χ3v) is 6.14. The van der Waals surface area contributed by atoms with E-state index in [9.17, 15) is 4.79 Å². The van der Waals surface area contributed by atoms with Crippen molar-refractivity contribution in [3.05, 3.63) is 35.4 Å². The van der Waals surface area contributed by atoms with Gasteiger partial charge in [-0.3, -0.25) is 14.7 Å². The summed E-state index contributed by atoms with van der Waals surface area (Å²) in [6, 6.07) is 8.71. The Balaban J connectivity index is 1.42. The van der Waals surface area contributed by atoms with Crippen LogP contribution in [-0.2, 0) is 9.53 Å². The van der Waals surface area contributed by atoms with Gasteiger partial charge in [0.2, 0.25) is 5.91 Å². The predicted molar refractivity (Wildman–Crippen MR) is 121 cm³/mol. The van der Waals surface area contributed by atoms with Gasteiger partial charge in [0, 0.05) is 72.3 Å². The molecule has 2 aliphatic rings. The quantitative estimate of drug-likeness (QED) is 0.548. The van der Waals surface area contributed by atoms with Crippen molar-refractivity contribution in [2.45, 2.75) is 32.8 Å². The summed E-state index contributed by atoms with van der Waals surface area (Å²) in [5.74, 6) is 1.44. The van der Waals surface area contributed by atoms with Crippen molar-refractivity contribution in [3.63, 3.8) is 0 Å². The van der Waals surface area contributed by atoms with E-state index >= 15 is 0 Å². The summed E-state index contributed by atoms with van der Waals surface area (Å²) in [5.41, 5.74) is 2.54.